The Morgan fingerprint density at radius 2 is 1.62 bits per heavy atom. The van der Waals surface area contributed by atoms with Gasteiger partial charge in [0.25, 0.3) is 0 Å². The summed E-state index contributed by atoms with van der Waals surface area (Å²) >= 11 is 7.91. The zero-order valence-corrected chi connectivity index (χ0v) is 26.1. The van der Waals surface area contributed by atoms with Gasteiger partial charge in [0.05, 0.1) is 27.9 Å². The highest BCUT2D eigenvalue weighted by atomic mass is 35.5. The number of nitrogens with zero attached hydrogens (tertiary/aromatic N) is 3. The highest BCUT2D eigenvalue weighted by Gasteiger charge is 2.56. The van der Waals surface area contributed by atoms with Crippen LogP contribution in [-0.4, -0.2) is 41.6 Å². The van der Waals surface area contributed by atoms with Crippen molar-refractivity contribution in [1.29, 1.82) is 0 Å². The number of thiazole rings is 1. The average molecular weight is 673 g/mol. The first kappa shape index (κ1) is 30.9. The van der Waals surface area contributed by atoms with E-state index in [0.29, 0.717) is 26.2 Å². The summed E-state index contributed by atoms with van der Waals surface area (Å²) in [5.74, 6) is -3.30. The standard InChI is InChI=1S/C31H24ClF3N4O4S2/c1-37(2)18-11-7-16(8-12-18)23-24-25(28(42)39(27(24)41)19-13-9-17(32)10-14-19)44-29-26(23)45-30(43)38(29)15-22(40)36-21-6-4-3-5-20(21)31(33,34)35/h3-14,23-25H,15H2,1-2H3,(H,36,40)/t23-,24?,25?/m1/s1. The molecule has 8 nitrogen and oxygen atoms in total. The zero-order valence-electron chi connectivity index (χ0n) is 23.7. The van der Waals surface area contributed by atoms with Crippen LogP contribution in [0, 0.1) is 5.92 Å². The van der Waals surface area contributed by atoms with Gasteiger partial charge in [-0.2, -0.15) is 13.2 Å². The molecule has 3 heterocycles. The quantitative estimate of drug-likeness (QED) is 0.250. The van der Waals surface area contributed by atoms with Gasteiger partial charge in [-0.3, -0.25) is 23.7 Å². The SMILES string of the molecule is CN(C)c1ccc([C@H]2c3sc(=O)n(CC(=O)Nc4ccccc4C(F)(F)F)c3SC3C(=O)N(c4ccc(Cl)cc4)C(=O)C32)cc1. The summed E-state index contributed by atoms with van der Waals surface area (Å²) in [6.45, 7) is -0.587. The molecule has 4 aromatic rings. The summed E-state index contributed by atoms with van der Waals surface area (Å²) in [5.41, 5.74) is 0.504. The van der Waals surface area contributed by atoms with Gasteiger partial charge >= 0.3 is 11.0 Å². The van der Waals surface area contributed by atoms with Crippen molar-refractivity contribution in [2.75, 3.05) is 29.2 Å². The van der Waals surface area contributed by atoms with Gasteiger partial charge < -0.3 is 10.2 Å². The largest absolute Gasteiger partial charge is 0.418 e. The third-order valence-electron chi connectivity index (χ3n) is 7.71. The van der Waals surface area contributed by atoms with E-state index >= 15 is 0 Å². The molecule has 6 rings (SSSR count). The number of carbonyl (C=O) groups is 3. The fraction of sp³-hybridized carbons (Fsp3) is 0.226. The number of hydrogen-bond donors (Lipinski definition) is 1. The lowest BCUT2D eigenvalue weighted by Crippen LogP contribution is -2.33. The molecule has 1 N–H and O–H groups in total. The average Bonchev–Trinajstić information content (AvgIpc) is 3.43. The summed E-state index contributed by atoms with van der Waals surface area (Å²) in [5, 5.41) is 2.11. The Morgan fingerprint density at radius 1 is 0.956 bits per heavy atom. The van der Waals surface area contributed by atoms with Crippen LogP contribution in [0.4, 0.5) is 30.2 Å². The fourth-order valence-electron chi connectivity index (χ4n) is 5.61. The molecule has 2 unspecified atom stereocenters. The fourth-order valence-corrected chi connectivity index (χ4v) is 8.51. The topological polar surface area (TPSA) is 91.7 Å². The van der Waals surface area contributed by atoms with Crippen molar-refractivity contribution in [3.05, 3.63) is 103 Å². The van der Waals surface area contributed by atoms with Gasteiger partial charge in [-0.05, 0) is 54.1 Å². The Morgan fingerprint density at radius 3 is 2.27 bits per heavy atom. The maximum atomic E-state index is 14.0. The van der Waals surface area contributed by atoms with Gasteiger partial charge in [0.15, 0.2) is 0 Å². The number of anilines is 3. The zero-order chi connectivity index (χ0) is 32.2. The summed E-state index contributed by atoms with van der Waals surface area (Å²) in [6, 6.07) is 18.3. The minimum absolute atomic E-state index is 0.325. The van der Waals surface area contributed by atoms with Crippen LogP contribution in [0.1, 0.15) is 21.9 Å². The molecule has 3 atom stereocenters. The lowest BCUT2D eigenvalue weighted by Gasteiger charge is -2.31. The molecule has 232 valence electrons. The van der Waals surface area contributed by atoms with Crippen LogP contribution in [0.5, 0.6) is 0 Å². The van der Waals surface area contributed by atoms with E-state index in [1.807, 2.05) is 43.3 Å². The van der Waals surface area contributed by atoms with E-state index in [0.717, 1.165) is 50.4 Å². The number of imide groups is 1. The van der Waals surface area contributed by atoms with Crippen LogP contribution >= 0.6 is 34.7 Å². The highest BCUT2D eigenvalue weighted by molar-refractivity contribution is 8.00. The van der Waals surface area contributed by atoms with Gasteiger partial charge in [-0.15, -0.1) is 0 Å². The Hall–Kier alpha value is -4.07. The summed E-state index contributed by atoms with van der Waals surface area (Å²) < 4.78 is 41.7. The number of thioether (sulfide) groups is 1. The summed E-state index contributed by atoms with van der Waals surface area (Å²) in [6.07, 6.45) is -4.70. The number of alkyl halides is 3. The van der Waals surface area contributed by atoms with Crippen molar-refractivity contribution in [2.24, 2.45) is 5.92 Å². The monoisotopic (exact) mass is 672 g/mol. The Labute approximate surface area is 268 Å². The predicted octanol–water partition coefficient (Wildman–Crippen LogP) is 6.08. The minimum atomic E-state index is -4.70. The predicted molar refractivity (Wildman–Crippen MR) is 168 cm³/mol. The van der Waals surface area contributed by atoms with Crippen molar-refractivity contribution in [3.8, 4) is 0 Å². The van der Waals surface area contributed by atoms with E-state index in [9.17, 15) is 32.3 Å². The Balaban J connectivity index is 1.40. The molecule has 1 fully saturated rings. The minimum Gasteiger partial charge on any atom is -0.378 e. The molecule has 3 aromatic carbocycles. The second-order valence-electron chi connectivity index (χ2n) is 10.7. The molecule has 0 aliphatic carbocycles. The van der Waals surface area contributed by atoms with Gasteiger partial charge in [0, 0.05) is 35.6 Å². The van der Waals surface area contributed by atoms with Crippen molar-refractivity contribution in [3.63, 3.8) is 0 Å². The van der Waals surface area contributed by atoms with Gasteiger partial charge in [-0.25, -0.2) is 4.90 Å². The van der Waals surface area contributed by atoms with Crippen molar-refractivity contribution < 1.29 is 27.6 Å². The number of hydrogen-bond acceptors (Lipinski definition) is 7. The van der Waals surface area contributed by atoms with Crippen molar-refractivity contribution in [1.82, 2.24) is 4.57 Å². The number of aromatic nitrogens is 1. The maximum absolute atomic E-state index is 14.0. The molecule has 0 radical (unpaired) electrons. The number of benzene rings is 3. The van der Waals surface area contributed by atoms with Crippen LogP contribution < -0.4 is 20.0 Å². The number of rotatable bonds is 6. The third kappa shape index (κ3) is 5.64. The normalized spacial score (nSPS) is 19.3. The van der Waals surface area contributed by atoms with Gasteiger partial charge in [-0.1, -0.05) is 59.0 Å². The van der Waals surface area contributed by atoms with E-state index in [1.165, 1.54) is 12.1 Å². The van der Waals surface area contributed by atoms with Crippen molar-refractivity contribution >= 4 is 69.5 Å². The molecule has 45 heavy (non-hydrogen) atoms. The van der Waals surface area contributed by atoms with Crippen LogP contribution in [0.2, 0.25) is 5.02 Å². The molecular formula is C31H24ClF3N4O4S2. The van der Waals surface area contributed by atoms with Crippen LogP contribution in [-0.2, 0) is 27.1 Å². The van der Waals surface area contributed by atoms with E-state index in [4.69, 9.17) is 11.6 Å². The molecule has 2 aliphatic rings. The number of halogens is 4. The summed E-state index contributed by atoms with van der Waals surface area (Å²) in [4.78, 5) is 57.3. The van der Waals surface area contributed by atoms with E-state index < -0.39 is 63.7 Å². The van der Waals surface area contributed by atoms with E-state index in [1.54, 1.807) is 24.3 Å². The number of fused-ring (bicyclic) bond motifs is 2. The van der Waals surface area contributed by atoms with Gasteiger partial charge in [0.1, 0.15) is 11.8 Å². The number of nitrogens with one attached hydrogen (secondary N) is 1. The molecule has 0 spiro atoms. The van der Waals surface area contributed by atoms with Crippen LogP contribution in [0.25, 0.3) is 0 Å². The molecule has 3 amide bonds. The summed E-state index contributed by atoms with van der Waals surface area (Å²) in [7, 11) is 3.77. The lowest BCUT2D eigenvalue weighted by atomic mass is 9.83. The van der Waals surface area contributed by atoms with Crippen LogP contribution in [0.3, 0.4) is 0 Å². The molecule has 1 aromatic heterocycles. The maximum Gasteiger partial charge on any atom is 0.418 e. The highest BCUT2D eigenvalue weighted by Crippen LogP contribution is 2.54. The smallest absolute Gasteiger partial charge is 0.378 e. The van der Waals surface area contributed by atoms with Crippen molar-refractivity contribution in [2.45, 2.75) is 28.9 Å². The Bertz CT molecular complexity index is 1870. The number of carbonyl (C=O) groups excluding carboxylic acids is 3. The molecule has 0 saturated carbocycles. The lowest BCUT2D eigenvalue weighted by molar-refractivity contribution is -0.137. The molecule has 2 aliphatic heterocycles. The number of amides is 3. The molecule has 14 heteroatoms. The Kier molecular flexibility index (Phi) is 8.04. The van der Waals surface area contributed by atoms with E-state index in [-0.39, 0.29) is 0 Å². The second kappa shape index (κ2) is 11.7. The molecular weight excluding hydrogens is 649 g/mol. The second-order valence-corrected chi connectivity index (χ2v) is 13.3. The number of para-hydroxylation sites is 1. The molecule has 1 saturated heterocycles. The third-order valence-corrected chi connectivity index (χ3v) is 10.6. The van der Waals surface area contributed by atoms with Crippen LogP contribution in [0.15, 0.2) is 82.6 Å². The van der Waals surface area contributed by atoms with Gasteiger partial charge in [0.2, 0.25) is 17.7 Å². The molecule has 0 bridgehead atoms. The first-order valence-electron chi connectivity index (χ1n) is 13.6. The first-order chi connectivity index (χ1) is 21.3. The van der Waals surface area contributed by atoms with E-state index in [2.05, 4.69) is 5.32 Å². The first-order valence-corrected chi connectivity index (χ1v) is 15.7.